The SMILES string of the molecule is CC(C)C1CN(CCc2cccc(C(=O)O)c2)C1. The van der Waals surface area contributed by atoms with E-state index in [4.69, 9.17) is 5.11 Å². The van der Waals surface area contributed by atoms with Crippen molar-refractivity contribution in [2.45, 2.75) is 20.3 Å². The van der Waals surface area contributed by atoms with Crippen LogP contribution in [0.15, 0.2) is 24.3 Å². The summed E-state index contributed by atoms with van der Waals surface area (Å²) in [4.78, 5) is 13.3. The molecule has 2 rings (SSSR count). The summed E-state index contributed by atoms with van der Waals surface area (Å²) in [5.74, 6) is 0.771. The molecule has 0 amide bonds. The predicted molar refractivity (Wildman–Crippen MR) is 71.9 cm³/mol. The second-order valence-corrected chi connectivity index (χ2v) is 5.52. The molecule has 1 fully saturated rings. The molecule has 0 saturated carbocycles. The molecule has 0 radical (unpaired) electrons. The van der Waals surface area contributed by atoms with Gasteiger partial charge in [0, 0.05) is 19.6 Å². The third kappa shape index (κ3) is 3.10. The van der Waals surface area contributed by atoms with Crippen LogP contribution in [-0.2, 0) is 6.42 Å². The van der Waals surface area contributed by atoms with Crippen LogP contribution in [0.3, 0.4) is 0 Å². The molecule has 0 aromatic heterocycles. The highest BCUT2D eigenvalue weighted by molar-refractivity contribution is 5.87. The molecule has 98 valence electrons. The molecule has 0 spiro atoms. The first-order valence-corrected chi connectivity index (χ1v) is 6.61. The van der Waals surface area contributed by atoms with Crippen molar-refractivity contribution in [2.75, 3.05) is 19.6 Å². The van der Waals surface area contributed by atoms with Gasteiger partial charge in [-0.2, -0.15) is 0 Å². The molecule has 1 aromatic rings. The van der Waals surface area contributed by atoms with E-state index in [1.807, 2.05) is 12.1 Å². The summed E-state index contributed by atoms with van der Waals surface area (Å²) in [7, 11) is 0. The molecule has 0 bridgehead atoms. The van der Waals surface area contributed by atoms with Crippen molar-refractivity contribution in [3.8, 4) is 0 Å². The lowest BCUT2D eigenvalue weighted by Gasteiger charge is -2.41. The summed E-state index contributed by atoms with van der Waals surface area (Å²) in [5, 5.41) is 8.93. The van der Waals surface area contributed by atoms with Crippen LogP contribution >= 0.6 is 0 Å². The Hall–Kier alpha value is -1.35. The highest BCUT2D eigenvalue weighted by Crippen LogP contribution is 2.23. The maximum atomic E-state index is 10.9. The number of hydrogen-bond acceptors (Lipinski definition) is 2. The quantitative estimate of drug-likeness (QED) is 0.869. The first kappa shape index (κ1) is 13.1. The third-order valence-corrected chi connectivity index (χ3v) is 3.82. The van der Waals surface area contributed by atoms with Crippen LogP contribution in [0.5, 0.6) is 0 Å². The number of aromatic carboxylic acids is 1. The van der Waals surface area contributed by atoms with Crippen LogP contribution in [0.25, 0.3) is 0 Å². The van der Waals surface area contributed by atoms with E-state index in [2.05, 4.69) is 18.7 Å². The summed E-state index contributed by atoms with van der Waals surface area (Å²) in [6.07, 6.45) is 0.936. The van der Waals surface area contributed by atoms with Gasteiger partial charge in [0.1, 0.15) is 0 Å². The van der Waals surface area contributed by atoms with Gasteiger partial charge in [0.15, 0.2) is 0 Å². The Morgan fingerprint density at radius 1 is 1.44 bits per heavy atom. The van der Waals surface area contributed by atoms with Crippen LogP contribution in [-0.4, -0.2) is 35.6 Å². The summed E-state index contributed by atoms with van der Waals surface area (Å²) in [6, 6.07) is 7.25. The standard InChI is InChI=1S/C15H21NO2/c1-11(2)14-9-16(10-14)7-6-12-4-3-5-13(8-12)15(17)18/h3-5,8,11,14H,6-7,9-10H2,1-2H3,(H,17,18). The fourth-order valence-corrected chi connectivity index (χ4v) is 2.36. The Morgan fingerprint density at radius 2 is 2.17 bits per heavy atom. The average Bonchev–Trinajstić information content (AvgIpc) is 2.26. The van der Waals surface area contributed by atoms with Crippen molar-refractivity contribution >= 4 is 5.97 Å². The van der Waals surface area contributed by atoms with Gasteiger partial charge >= 0.3 is 5.97 Å². The van der Waals surface area contributed by atoms with Gasteiger partial charge in [0.05, 0.1) is 5.56 Å². The number of carboxylic acid groups (broad SMARTS) is 1. The number of benzene rings is 1. The molecule has 1 aromatic carbocycles. The highest BCUT2D eigenvalue weighted by Gasteiger charge is 2.28. The van der Waals surface area contributed by atoms with E-state index in [-0.39, 0.29) is 0 Å². The van der Waals surface area contributed by atoms with E-state index in [9.17, 15) is 4.79 Å². The van der Waals surface area contributed by atoms with E-state index >= 15 is 0 Å². The van der Waals surface area contributed by atoms with Crippen LogP contribution in [0.1, 0.15) is 29.8 Å². The molecule has 3 nitrogen and oxygen atoms in total. The molecule has 3 heteroatoms. The molecular weight excluding hydrogens is 226 g/mol. The fourth-order valence-electron chi connectivity index (χ4n) is 2.36. The van der Waals surface area contributed by atoms with Crippen LogP contribution < -0.4 is 0 Å². The maximum Gasteiger partial charge on any atom is 0.335 e. The number of rotatable bonds is 5. The topological polar surface area (TPSA) is 40.5 Å². The van der Waals surface area contributed by atoms with Gasteiger partial charge < -0.3 is 10.0 Å². The Kier molecular flexibility index (Phi) is 4.02. The number of hydrogen-bond donors (Lipinski definition) is 1. The number of carbonyl (C=O) groups is 1. The molecule has 0 unspecified atom stereocenters. The fraction of sp³-hybridized carbons (Fsp3) is 0.533. The van der Waals surface area contributed by atoms with E-state index in [1.54, 1.807) is 12.1 Å². The molecule has 0 atom stereocenters. The van der Waals surface area contributed by atoms with E-state index < -0.39 is 5.97 Å². The van der Waals surface area contributed by atoms with E-state index in [0.717, 1.165) is 30.4 Å². The zero-order valence-corrected chi connectivity index (χ0v) is 11.1. The minimum absolute atomic E-state index is 0.385. The second-order valence-electron chi connectivity index (χ2n) is 5.52. The lowest BCUT2D eigenvalue weighted by atomic mass is 9.88. The normalized spacial score (nSPS) is 16.8. The molecule has 1 saturated heterocycles. The number of carboxylic acids is 1. The molecule has 1 aliphatic rings. The Balaban J connectivity index is 1.81. The summed E-state index contributed by atoms with van der Waals surface area (Å²) in [6.45, 7) is 7.97. The molecule has 1 heterocycles. The summed E-state index contributed by atoms with van der Waals surface area (Å²) < 4.78 is 0. The largest absolute Gasteiger partial charge is 0.478 e. The van der Waals surface area contributed by atoms with Crippen LogP contribution in [0, 0.1) is 11.8 Å². The first-order valence-electron chi connectivity index (χ1n) is 6.61. The molecule has 18 heavy (non-hydrogen) atoms. The Bertz CT molecular complexity index is 422. The maximum absolute atomic E-state index is 10.9. The molecule has 0 aliphatic carbocycles. The van der Waals surface area contributed by atoms with Gasteiger partial charge in [-0.25, -0.2) is 4.79 Å². The summed E-state index contributed by atoms with van der Waals surface area (Å²) in [5.41, 5.74) is 1.50. The Labute approximate surface area is 108 Å². The number of nitrogens with zero attached hydrogens (tertiary/aromatic N) is 1. The smallest absolute Gasteiger partial charge is 0.335 e. The van der Waals surface area contributed by atoms with E-state index in [0.29, 0.717) is 5.56 Å². The zero-order valence-electron chi connectivity index (χ0n) is 11.1. The minimum Gasteiger partial charge on any atom is -0.478 e. The van der Waals surface area contributed by atoms with Crippen molar-refractivity contribution in [3.63, 3.8) is 0 Å². The van der Waals surface area contributed by atoms with Crippen molar-refractivity contribution in [3.05, 3.63) is 35.4 Å². The molecule has 1 aliphatic heterocycles. The van der Waals surface area contributed by atoms with E-state index in [1.165, 1.54) is 13.1 Å². The minimum atomic E-state index is -0.847. The van der Waals surface area contributed by atoms with Gasteiger partial charge in [-0.3, -0.25) is 0 Å². The lowest BCUT2D eigenvalue weighted by Crippen LogP contribution is -2.49. The van der Waals surface area contributed by atoms with Crippen molar-refractivity contribution in [1.29, 1.82) is 0 Å². The second kappa shape index (κ2) is 5.53. The van der Waals surface area contributed by atoms with Gasteiger partial charge in [-0.05, 0) is 36.0 Å². The van der Waals surface area contributed by atoms with Crippen LogP contribution in [0.4, 0.5) is 0 Å². The van der Waals surface area contributed by atoms with Gasteiger partial charge in [-0.15, -0.1) is 0 Å². The first-order chi connectivity index (χ1) is 8.56. The molecule has 1 N–H and O–H groups in total. The monoisotopic (exact) mass is 247 g/mol. The Morgan fingerprint density at radius 3 is 2.78 bits per heavy atom. The third-order valence-electron chi connectivity index (χ3n) is 3.82. The average molecular weight is 247 g/mol. The van der Waals surface area contributed by atoms with Gasteiger partial charge in [0.2, 0.25) is 0 Å². The zero-order chi connectivity index (χ0) is 13.1. The van der Waals surface area contributed by atoms with Crippen LogP contribution in [0.2, 0.25) is 0 Å². The van der Waals surface area contributed by atoms with Crippen molar-refractivity contribution in [1.82, 2.24) is 4.90 Å². The predicted octanol–water partition coefficient (Wildman–Crippen LogP) is 2.52. The van der Waals surface area contributed by atoms with Crippen molar-refractivity contribution < 1.29 is 9.90 Å². The van der Waals surface area contributed by atoms with Gasteiger partial charge in [0.25, 0.3) is 0 Å². The molecular formula is C15H21NO2. The van der Waals surface area contributed by atoms with Crippen molar-refractivity contribution in [2.24, 2.45) is 11.8 Å². The highest BCUT2D eigenvalue weighted by atomic mass is 16.4. The number of likely N-dealkylation sites (tertiary alicyclic amines) is 1. The van der Waals surface area contributed by atoms with Gasteiger partial charge in [-0.1, -0.05) is 26.0 Å². The lowest BCUT2D eigenvalue weighted by molar-refractivity contribution is 0.0691. The summed E-state index contributed by atoms with van der Waals surface area (Å²) >= 11 is 0.